The monoisotopic (exact) mass is 511 g/mol. The third kappa shape index (κ3) is 21.7. The van der Waals surface area contributed by atoms with Crippen molar-refractivity contribution in [1.82, 2.24) is 5.32 Å². The Kier molecular flexibility index (Phi) is 24.0. The summed E-state index contributed by atoms with van der Waals surface area (Å²) < 4.78 is 11.2. The van der Waals surface area contributed by atoms with E-state index in [2.05, 4.69) is 19.2 Å². The fourth-order valence-electron chi connectivity index (χ4n) is 4.18. The number of rotatable bonds is 25. The van der Waals surface area contributed by atoms with E-state index in [-0.39, 0.29) is 42.7 Å². The number of nitrogens with one attached hydrogen (secondary N) is 1. The molecule has 0 aromatic rings. The van der Waals surface area contributed by atoms with E-state index in [9.17, 15) is 14.4 Å². The zero-order valence-electron chi connectivity index (χ0n) is 24.0. The number of hydrogen-bond donors (Lipinski definition) is 1. The molecule has 1 atom stereocenters. The van der Waals surface area contributed by atoms with Crippen LogP contribution >= 0.6 is 0 Å². The lowest BCUT2D eigenvalue weighted by Crippen LogP contribution is -2.31. The average Bonchev–Trinajstić information content (AvgIpc) is 2.87. The molecule has 0 aromatic heterocycles. The molecule has 0 saturated heterocycles. The van der Waals surface area contributed by atoms with Gasteiger partial charge in [-0.15, -0.1) is 0 Å². The van der Waals surface area contributed by atoms with E-state index in [1.165, 1.54) is 64.2 Å². The van der Waals surface area contributed by atoms with Crippen LogP contribution < -0.4 is 5.32 Å². The van der Waals surface area contributed by atoms with Crippen LogP contribution in [0.25, 0.3) is 0 Å². The Balaban J connectivity index is 4.26. The van der Waals surface area contributed by atoms with E-state index < -0.39 is 0 Å². The number of esters is 2. The van der Waals surface area contributed by atoms with Crippen LogP contribution in [-0.2, 0) is 23.9 Å². The third-order valence-corrected chi connectivity index (χ3v) is 6.79. The van der Waals surface area contributed by atoms with Crippen LogP contribution in [0.2, 0.25) is 0 Å². The molecule has 0 fully saturated rings. The second-order valence-electron chi connectivity index (χ2n) is 10.2. The van der Waals surface area contributed by atoms with Gasteiger partial charge < -0.3 is 14.8 Å². The molecule has 0 bridgehead atoms. The van der Waals surface area contributed by atoms with E-state index in [1.54, 1.807) is 0 Å². The van der Waals surface area contributed by atoms with Crippen molar-refractivity contribution in [1.29, 1.82) is 0 Å². The van der Waals surface area contributed by atoms with E-state index in [1.807, 2.05) is 13.8 Å². The largest absolute Gasteiger partial charge is 0.465 e. The first-order chi connectivity index (χ1) is 17.5. The fourth-order valence-corrected chi connectivity index (χ4v) is 4.18. The van der Waals surface area contributed by atoms with Crippen molar-refractivity contribution in [2.45, 2.75) is 156 Å². The molecule has 1 N–H and O–H groups in total. The fraction of sp³-hybridized carbons (Fsp3) is 0.900. The Morgan fingerprint density at radius 2 is 1.19 bits per heavy atom. The molecule has 6 nitrogen and oxygen atoms in total. The minimum Gasteiger partial charge on any atom is -0.465 e. The Morgan fingerprint density at radius 1 is 0.667 bits per heavy atom. The first-order valence-electron chi connectivity index (χ1n) is 15.1. The van der Waals surface area contributed by atoms with Crippen LogP contribution in [0.4, 0.5) is 0 Å². The predicted molar refractivity (Wildman–Crippen MR) is 148 cm³/mol. The summed E-state index contributed by atoms with van der Waals surface area (Å²) in [4.78, 5) is 36.0. The molecule has 0 rings (SSSR count). The van der Waals surface area contributed by atoms with Crippen LogP contribution in [0.15, 0.2) is 0 Å². The first-order valence-corrected chi connectivity index (χ1v) is 15.1. The van der Waals surface area contributed by atoms with Gasteiger partial charge in [0.25, 0.3) is 0 Å². The SMILES string of the molecule is CCCCCCCCC(CCCCCCCC)OC(=O)CCCC(=O)OCC(CC)CNC(=O)CC. The number of ether oxygens (including phenoxy) is 2. The lowest BCUT2D eigenvalue weighted by Gasteiger charge is -2.18. The zero-order valence-corrected chi connectivity index (χ0v) is 24.0. The van der Waals surface area contributed by atoms with Gasteiger partial charge in [-0.1, -0.05) is 91.9 Å². The Labute approximate surface area is 222 Å². The molecule has 0 radical (unpaired) electrons. The highest BCUT2D eigenvalue weighted by Gasteiger charge is 2.16. The maximum absolute atomic E-state index is 12.5. The number of amides is 1. The van der Waals surface area contributed by atoms with Crippen molar-refractivity contribution < 1.29 is 23.9 Å². The van der Waals surface area contributed by atoms with Crippen LogP contribution in [0.3, 0.4) is 0 Å². The molecule has 0 aliphatic rings. The maximum atomic E-state index is 12.5. The molecule has 0 saturated carbocycles. The van der Waals surface area contributed by atoms with Crippen molar-refractivity contribution in [3.8, 4) is 0 Å². The lowest BCUT2D eigenvalue weighted by atomic mass is 10.0. The van der Waals surface area contributed by atoms with Crippen molar-refractivity contribution >= 4 is 17.8 Å². The van der Waals surface area contributed by atoms with Crippen LogP contribution in [0, 0.1) is 5.92 Å². The zero-order chi connectivity index (χ0) is 26.9. The van der Waals surface area contributed by atoms with Gasteiger partial charge in [0, 0.05) is 31.7 Å². The summed E-state index contributed by atoms with van der Waals surface area (Å²) in [7, 11) is 0. The van der Waals surface area contributed by atoms with E-state index >= 15 is 0 Å². The van der Waals surface area contributed by atoms with Crippen LogP contribution in [0.1, 0.15) is 150 Å². The molecule has 0 aliphatic heterocycles. The summed E-state index contributed by atoms with van der Waals surface area (Å²) in [6.07, 6.45) is 18.9. The summed E-state index contributed by atoms with van der Waals surface area (Å²) in [6.45, 7) is 9.09. The summed E-state index contributed by atoms with van der Waals surface area (Å²) in [5.74, 6) is -0.374. The van der Waals surface area contributed by atoms with Gasteiger partial charge in [0.2, 0.25) is 5.91 Å². The van der Waals surface area contributed by atoms with Gasteiger partial charge in [0.15, 0.2) is 0 Å². The molecule has 0 aromatic carbocycles. The van der Waals surface area contributed by atoms with Crippen LogP contribution in [-0.4, -0.2) is 37.1 Å². The molecule has 1 amide bonds. The average molecular weight is 512 g/mol. The van der Waals surface area contributed by atoms with Crippen molar-refractivity contribution in [3.05, 3.63) is 0 Å². The minimum absolute atomic E-state index is 0.00424. The van der Waals surface area contributed by atoms with Gasteiger partial charge in [-0.3, -0.25) is 14.4 Å². The molecule has 6 heteroatoms. The molecular formula is C30H57NO5. The van der Waals surface area contributed by atoms with E-state index in [0.717, 1.165) is 32.1 Å². The molecule has 0 aliphatic carbocycles. The van der Waals surface area contributed by atoms with Crippen molar-refractivity contribution in [3.63, 3.8) is 0 Å². The van der Waals surface area contributed by atoms with Gasteiger partial charge in [-0.25, -0.2) is 0 Å². The highest BCUT2D eigenvalue weighted by atomic mass is 16.5. The van der Waals surface area contributed by atoms with E-state index in [4.69, 9.17) is 9.47 Å². The predicted octanol–water partition coefficient (Wildman–Crippen LogP) is 7.67. The first kappa shape index (κ1) is 34.4. The van der Waals surface area contributed by atoms with Gasteiger partial charge in [-0.05, 0) is 38.5 Å². The van der Waals surface area contributed by atoms with Crippen molar-refractivity contribution in [2.24, 2.45) is 5.92 Å². The Bertz CT molecular complexity index is 535. The van der Waals surface area contributed by atoms with Crippen LogP contribution in [0.5, 0.6) is 0 Å². The Morgan fingerprint density at radius 3 is 1.72 bits per heavy atom. The Hall–Kier alpha value is -1.59. The third-order valence-electron chi connectivity index (χ3n) is 6.79. The molecular weight excluding hydrogens is 454 g/mol. The second-order valence-corrected chi connectivity index (χ2v) is 10.2. The second kappa shape index (κ2) is 25.1. The van der Waals surface area contributed by atoms with Gasteiger partial charge in [0.05, 0.1) is 6.61 Å². The summed E-state index contributed by atoms with van der Waals surface area (Å²) in [5.41, 5.74) is 0. The standard InChI is InChI=1S/C30H57NO5/c1-5-9-11-13-15-17-20-27(21-18-16-14-12-10-6-2)36-30(34)23-19-22-29(33)35-25-26(7-3)24-31-28(32)8-4/h26-27H,5-25H2,1-4H3,(H,31,32). The molecule has 212 valence electrons. The number of unbranched alkanes of at least 4 members (excludes halogenated alkanes) is 10. The lowest BCUT2D eigenvalue weighted by molar-refractivity contribution is -0.150. The van der Waals surface area contributed by atoms with Gasteiger partial charge in [-0.2, -0.15) is 0 Å². The smallest absolute Gasteiger partial charge is 0.306 e. The minimum atomic E-state index is -0.293. The quantitative estimate of drug-likeness (QED) is 0.100. The van der Waals surface area contributed by atoms with Crippen molar-refractivity contribution in [2.75, 3.05) is 13.2 Å². The molecule has 0 spiro atoms. The van der Waals surface area contributed by atoms with Gasteiger partial charge in [0.1, 0.15) is 6.10 Å². The highest BCUT2D eigenvalue weighted by molar-refractivity contribution is 5.75. The highest BCUT2D eigenvalue weighted by Crippen LogP contribution is 2.18. The summed E-state index contributed by atoms with van der Waals surface area (Å²) >= 11 is 0. The molecule has 1 unspecified atom stereocenters. The number of carbonyl (C=O) groups excluding carboxylic acids is 3. The summed E-state index contributed by atoms with van der Waals surface area (Å²) in [5, 5.41) is 2.85. The number of hydrogen-bond acceptors (Lipinski definition) is 5. The molecule has 0 heterocycles. The molecule has 36 heavy (non-hydrogen) atoms. The van der Waals surface area contributed by atoms with E-state index in [0.29, 0.717) is 26.0 Å². The summed E-state index contributed by atoms with van der Waals surface area (Å²) in [6, 6.07) is 0. The maximum Gasteiger partial charge on any atom is 0.306 e. The topological polar surface area (TPSA) is 81.7 Å². The van der Waals surface area contributed by atoms with Gasteiger partial charge >= 0.3 is 11.9 Å². The number of carbonyl (C=O) groups is 3. The normalized spacial score (nSPS) is 11.9.